The molecule has 0 aliphatic carbocycles. The number of rotatable bonds is 5. The molecule has 4 rings (SSSR count). The van der Waals surface area contributed by atoms with Crippen LogP contribution >= 0.6 is 11.3 Å². The second-order valence-electron chi connectivity index (χ2n) is 7.29. The Morgan fingerprint density at radius 2 is 2.07 bits per heavy atom. The third kappa shape index (κ3) is 3.52. The van der Waals surface area contributed by atoms with Crippen molar-refractivity contribution in [2.75, 3.05) is 11.4 Å². The Kier molecular flexibility index (Phi) is 5.13. The van der Waals surface area contributed by atoms with E-state index in [0.717, 1.165) is 33.4 Å². The van der Waals surface area contributed by atoms with Gasteiger partial charge in [-0.2, -0.15) is 0 Å². The number of carbonyl (C=O) groups excluding carboxylic acids is 1. The first-order valence-electron chi connectivity index (χ1n) is 9.56. The second-order valence-corrected chi connectivity index (χ2v) is 8.15. The third-order valence-corrected chi connectivity index (χ3v) is 5.53. The number of hydrogen-bond donors (Lipinski definition) is 0. The van der Waals surface area contributed by atoms with Crippen molar-refractivity contribution in [2.24, 2.45) is 5.92 Å². The van der Waals surface area contributed by atoms with Crippen molar-refractivity contribution in [2.45, 2.75) is 33.3 Å². The van der Waals surface area contributed by atoms with Gasteiger partial charge in [-0.3, -0.25) is 9.78 Å². The molecule has 0 saturated heterocycles. The molecule has 0 saturated carbocycles. The van der Waals surface area contributed by atoms with Crippen molar-refractivity contribution >= 4 is 22.9 Å². The zero-order chi connectivity index (χ0) is 19.7. The molecule has 1 aliphatic heterocycles. The summed E-state index contributed by atoms with van der Waals surface area (Å²) >= 11 is 1.57. The van der Waals surface area contributed by atoms with Crippen LogP contribution in [0.3, 0.4) is 0 Å². The molecule has 5 nitrogen and oxygen atoms in total. The molecule has 3 aromatic rings. The van der Waals surface area contributed by atoms with Crippen LogP contribution in [-0.2, 0) is 4.79 Å². The quantitative estimate of drug-likeness (QED) is 0.610. The van der Waals surface area contributed by atoms with Gasteiger partial charge in [0, 0.05) is 23.7 Å². The molecule has 1 aliphatic rings. The first-order chi connectivity index (χ1) is 13.6. The molecule has 144 valence electrons. The maximum atomic E-state index is 12.9. The van der Waals surface area contributed by atoms with E-state index in [1.165, 1.54) is 0 Å². The zero-order valence-electron chi connectivity index (χ0n) is 16.3. The lowest BCUT2D eigenvalue weighted by Crippen LogP contribution is -2.47. The van der Waals surface area contributed by atoms with E-state index in [2.05, 4.69) is 18.8 Å². The lowest BCUT2D eigenvalue weighted by atomic mass is 10.1. The monoisotopic (exact) mass is 393 g/mol. The van der Waals surface area contributed by atoms with Crippen LogP contribution in [0, 0.1) is 5.92 Å². The average Bonchev–Trinajstić information content (AvgIpc) is 3.20. The van der Waals surface area contributed by atoms with Crippen LogP contribution in [0.1, 0.15) is 27.2 Å². The summed E-state index contributed by atoms with van der Waals surface area (Å²) in [5, 5.41) is 2.91. The molecule has 1 unspecified atom stereocenters. The number of benzene rings is 1. The van der Waals surface area contributed by atoms with Crippen LogP contribution in [0.15, 0.2) is 48.0 Å². The van der Waals surface area contributed by atoms with Crippen LogP contribution in [0.2, 0.25) is 0 Å². The molecule has 0 spiro atoms. The number of anilines is 1. The average molecular weight is 394 g/mol. The van der Waals surface area contributed by atoms with Gasteiger partial charge >= 0.3 is 0 Å². The van der Waals surface area contributed by atoms with Crippen LogP contribution in [0.5, 0.6) is 5.75 Å². The number of ether oxygens (including phenoxy) is 1. The van der Waals surface area contributed by atoms with E-state index in [1.54, 1.807) is 17.5 Å². The maximum absolute atomic E-state index is 12.9. The predicted molar refractivity (Wildman–Crippen MR) is 113 cm³/mol. The summed E-state index contributed by atoms with van der Waals surface area (Å²) < 4.78 is 5.95. The van der Waals surface area contributed by atoms with Crippen LogP contribution in [-0.4, -0.2) is 28.5 Å². The summed E-state index contributed by atoms with van der Waals surface area (Å²) in [7, 11) is 0. The summed E-state index contributed by atoms with van der Waals surface area (Å²) in [6.07, 6.45) is 2.02. The topological polar surface area (TPSA) is 55.3 Å². The highest BCUT2D eigenvalue weighted by molar-refractivity contribution is 7.13. The van der Waals surface area contributed by atoms with E-state index < -0.39 is 6.10 Å². The number of hydrogen-bond acceptors (Lipinski definition) is 5. The van der Waals surface area contributed by atoms with Gasteiger partial charge in [0.15, 0.2) is 6.10 Å². The number of fused-ring (bicyclic) bond motifs is 1. The number of aromatic nitrogens is 2. The number of nitrogens with zero attached hydrogens (tertiary/aromatic N) is 3. The minimum Gasteiger partial charge on any atom is -0.478 e. The Morgan fingerprint density at radius 3 is 2.79 bits per heavy atom. The number of carbonyl (C=O) groups is 1. The molecule has 3 heterocycles. The summed E-state index contributed by atoms with van der Waals surface area (Å²) in [4.78, 5) is 23.9. The number of pyridine rings is 1. The van der Waals surface area contributed by atoms with E-state index in [4.69, 9.17) is 9.72 Å². The smallest absolute Gasteiger partial charge is 0.268 e. The van der Waals surface area contributed by atoms with Gasteiger partial charge in [-0.25, -0.2) is 4.98 Å². The molecule has 1 atom stereocenters. The van der Waals surface area contributed by atoms with Gasteiger partial charge in [-0.15, -0.1) is 11.3 Å². The van der Waals surface area contributed by atoms with Crippen LogP contribution < -0.4 is 9.64 Å². The molecule has 28 heavy (non-hydrogen) atoms. The summed E-state index contributed by atoms with van der Waals surface area (Å²) in [5.41, 5.74) is 3.54. The van der Waals surface area contributed by atoms with Crippen LogP contribution in [0.4, 0.5) is 5.69 Å². The second kappa shape index (κ2) is 7.72. The molecule has 1 aromatic carbocycles. The minimum absolute atomic E-state index is 0.0355. The SMILES string of the molecule is CCC1Oc2ccc(-c3csc(-c4ccccn4)n3)cc2N(CC(C)C)C1=O. The first kappa shape index (κ1) is 18.6. The van der Waals surface area contributed by atoms with Gasteiger partial charge in [0.05, 0.1) is 17.1 Å². The van der Waals surface area contributed by atoms with Crippen molar-refractivity contribution in [1.29, 1.82) is 0 Å². The minimum atomic E-state index is -0.410. The van der Waals surface area contributed by atoms with E-state index in [-0.39, 0.29) is 5.91 Å². The summed E-state index contributed by atoms with van der Waals surface area (Å²) in [6, 6.07) is 11.8. The Bertz CT molecular complexity index is 984. The largest absolute Gasteiger partial charge is 0.478 e. The normalized spacial score (nSPS) is 16.2. The fourth-order valence-electron chi connectivity index (χ4n) is 3.31. The van der Waals surface area contributed by atoms with Gasteiger partial charge in [0.1, 0.15) is 10.8 Å². The molecule has 1 amide bonds. The lowest BCUT2D eigenvalue weighted by Gasteiger charge is -2.35. The fraction of sp³-hybridized carbons (Fsp3) is 0.318. The van der Waals surface area contributed by atoms with Gasteiger partial charge in [0.25, 0.3) is 5.91 Å². The molecule has 2 aromatic heterocycles. The molecule has 0 N–H and O–H groups in total. The standard InChI is InChI=1S/C22H23N3O2S/c1-4-19-22(26)25(12-14(2)3)18-11-15(8-9-20(18)27-19)17-13-28-21(24-17)16-7-5-6-10-23-16/h5-11,13-14,19H,4,12H2,1-3H3. The van der Waals surface area contributed by atoms with E-state index in [0.29, 0.717) is 18.9 Å². The summed E-state index contributed by atoms with van der Waals surface area (Å²) in [5.74, 6) is 1.16. The molecule has 0 fully saturated rings. The van der Waals surface area contributed by atoms with Crippen molar-refractivity contribution in [1.82, 2.24) is 9.97 Å². The van der Waals surface area contributed by atoms with Gasteiger partial charge in [-0.05, 0) is 42.7 Å². The van der Waals surface area contributed by atoms with E-state index >= 15 is 0 Å². The Morgan fingerprint density at radius 1 is 1.21 bits per heavy atom. The molecule has 0 bridgehead atoms. The molecular formula is C22H23N3O2S. The molecule has 6 heteroatoms. The number of thiazole rings is 1. The first-order valence-corrected chi connectivity index (χ1v) is 10.4. The highest BCUT2D eigenvalue weighted by Crippen LogP contribution is 2.39. The van der Waals surface area contributed by atoms with Crippen molar-refractivity contribution < 1.29 is 9.53 Å². The Labute approximate surface area is 169 Å². The van der Waals surface area contributed by atoms with E-state index in [1.807, 2.05) is 53.6 Å². The highest BCUT2D eigenvalue weighted by atomic mass is 32.1. The van der Waals surface area contributed by atoms with Crippen molar-refractivity contribution in [3.05, 3.63) is 48.0 Å². The molecular weight excluding hydrogens is 370 g/mol. The lowest BCUT2D eigenvalue weighted by molar-refractivity contribution is -0.126. The van der Waals surface area contributed by atoms with E-state index in [9.17, 15) is 4.79 Å². The number of amides is 1. The van der Waals surface area contributed by atoms with Crippen LogP contribution in [0.25, 0.3) is 22.0 Å². The van der Waals surface area contributed by atoms with Crippen molar-refractivity contribution in [3.8, 4) is 27.7 Å². The van der Waals surface area contributed by atoms with Gasteiger partial charge in [-0.1, -0.05) is 26.8 Å². The van der Waals surface area contributed by atoms with Gasteiger partial charge < -0.3 is 9.64 Å². The Hall–Kier alpha value is -2.73. The Balaban J connectivity index is 1.71. The summed E-state index contributed by atoms with van der Waals surface area (Å²) in [6.45, 7) is 6.88. The third-order valence-electron chi connectivity index (χ3n) is 4.66. The maximum Gasteiger partial charge on any atom is 0.268 e. The molecule has 0 radical (unpaired) electrons. The fourth-order valence-corrected chi connectivity index (χ4v) is 4.11. The van der Waals surface area contributed by atoms with Crippen molar-refractivity contribution in [3.63, 3.8) is 0 Å². The van der Waals surface area contributed by atoms with Gasteiger partial charge in [0.2, 0.25) is 0 Å². The predicted octanol–water partition coefficient (Wildman–Crippen LogP) is 5.03. The highest BCUT2D eigenvalue weighted by Gasteiger charge is 2.33. The zero-order valence-corrected chi connectivity index (χ0v) is 17.1.